The first-order valence-corrected chi connectivity index (χ1v) is 1.37. The van der Waals surface area contributed by atoms with Crippen LogP contribution in [-0.2, 0) is 0 Å². The van der Waals surface area contributed by atoms with E-state index in [1.54, 1.807) is 0 Å². The quantitative estimate of drug-likeness (QED) is 0.202. The fraction of sp³-hybridized carbons (Fsp3) is 0. The molecule has 0 bridgehead atoms. The summed E-state index contributed by atoms with van der Waals surface area (Å²) >= 11 is 0. The molecule has 0 aliphatic carbocycles. The van der Waals surface area contributed by atoms with E-state index in [1.807, 2.05) is 0 Å². The summed E-state index contributed by atoms with van der Waals surface area (Å²) in [4.78, 5) is 11.7. The number of hydrogen-bond donors (Lipinski definition) is 2. The van der Waals surface area contributed by atoms with Crippen molar-refractivity contribution in [1.29, 1.82) is 0 Å². The second-order valence-corrected chi connectivity index (χ2v) is 0.733. The van der Waals surface area contributed by atoms with Crippen LogP contribution in [0.15, 0.2) is 4.99 Å². The van der Waals surface area contributed by atoms with Crippen LogP contribution in [0.1, 0.15) is 0 Å². The molecule has 0 aliphatic heterocycles. The minimum Gasteiger partial charge on any atom is -0.846 e. The van der Waals surface area contributed by atoms with Crippen LogP contribution in [-0.4, -0.2) is 17.2 Å². The zero-order chi connectivity index (χ0) is 5.86. The maximum atomic E-state index is 9.48. The molecule has 0 saturated carbocycles. The molecule has 0 atom stereocenters. The molecule has 8 heavy (non-hydrogen) atoms. The molecule has 0 heterocycles. The second kappa shape index (κ2) is 5.51. The summed E-state index contributed by atoms with van der Waals surface area (Å²) < 4.78 is 0. The Labute approximate surface area is 88.0 Å². The van der Waals surface area contributed by atoms with E-state index in [2.05, 4.69) is 10.7 Å². The van der Waals surface area contributed by atoms with Gasteiger partial charge in [-0.3, -0.25) is 0 Å². The molecule has 0 spiro atoms. The number of nitrogens with zero attached hydrogens (tertiary/aromatic N) is 1. The van der Waals surface area contributed by atoms with Crippen LogP contribution in [0.2, 0.25) is 0 Å². The van der Waals surface area contributed by atoms with Gasteiger partial charge in [0, 0.05) is 0 Å². The van der Waals surface area contributed by atoms with E-state index in [0.29, 0.717) is 0 Å². The average Bonchev–Trinajstić information content (AvgIpc) is 1.27. The van der Waals surface area contributed by atoms with E-state index in [4.69, 9.17) is 5.11 Å². The molecule has 40 valence electrons. The summed E-state index contributed by atoms with van der Waals surface area (Å²) in [7, 11) is 0. The van der Waals surface area contributed by atoms with Crippen LogP contribution >= 0.6 is 0 Å². The summed E-state index contributed by atoms with van der Waals surface area (Å²) in [6.07, 6.45) is -1.56. The van der Waals surface area contributed by atoms with E-state index in [0.717, 1.165) is 0 Å². The van der Waals surface area contributed by atoms with E-state index in [-0.39, 0.29) is 51.4 Å². The van der Waals surface area contributed by atoms with Gasteiger partial charge in [0.2, 0.25) is 0 Å². The maximum absolute atomic E-state index is 9.48. The summed E-state index contributed by atoms with van der Waals surface area (Å²) in [5.74, 6) is 0. The van der Waals surface area contributed by atoms with E-state index in [9.17, 15) is 9.90 Å². The Bertz CT molecular complexity index is 108. The van der Waals surface area contributed by atoms with Crippen LogP contribution in [0, 0.1) is 0 Å². The predicted molar refractivity (Wildman–Crippen MR) is 19.6 cm³/mol. The van der Waals surface area contributed by atoms with Gasteiger partial charge in [0.05, 0.1) is 6.02 Å². The third-order valence-electron chi connectivity index (χ3n) is 0.206. The minimum absolute atomic E-state index is 0. The van der Waals surface area contributed by atoms with Crippen molar-refractivity contribution in [3.05, 3.63) is 0 Å². The number of rotatable bonds is 0. The van der Waals surface area contributed by atoms with Crippen molar-refractivity contribution in [3.8, 4) is 0 Å². The molecule has 0 aromatic heterocycles. The van der Waals surface area contributed by atoms with Crippen molar-refractivity contribution in [3.63, 3.8) is 0 Å². The largest absolute Gasteiger partial charge is 1.00 e. The molecule has 0 aromatic carbocycles. The van der Waals surface area contributed by atoms with Crippen molar-refractivity contribution in [1.82, 2.24) is 0 Å². The zero-order valence-corrected chi connectivity index (χ0v) is 7.41. The Morgan fingerprint density at radius 3 is 2.12 bits per heavy atom. The van der Waals surface area contributed by atoms with Gasteiger partial charge in [-0.15, -0.1) is 0 Å². The topological polar surface area (TPSA) is 98.7 Å². The van der Waals surface area contributed by atoms with Gasteiger partial charge in [0.1, 0.15) is 0 Å². The van der Waals surface area contributed by atoms with Gasteiger partial charge in [-0.1, -0.05) is 0 Å². The van der Waals surface area contributed by atoms with E-state index in [1.165, 1.54) is 0 Å². The maximum Gasteiger partial charge on any atom is 1.00 e. The standard InChI is InChI=1S/C2H4N2O3.K/c3-1(5)4-2(6)7;/h(H,6,7)(H3,3,4,5);/q;+1/p-1. The van der Waals surface area contributed by atoms with Gasteiger partial charge in [-0.25, -0.2) is 4.79 Å². The van der Waals surface area contributed by atoms with Crippen molar-refractivity contribution in [2.75, 3.05) is 0 Å². The molecule has 0 unspecified atom stereocenters. The third-order valence-corrected chi connectivity index (χ3v) is 0.206. The monoisotopic (exact) mass is 142 g/mol. The van der Waals surface area contributed by atoms with Gasteiger partial charge < -0.3 is 15.9 Å². The van der Waals surface area contributed by atoms with Crippen molar-refractivity contribution >= 4 is 12.1 Å². The summed E-state index contributed by atoms with van der Waals surface area (Å²) in [5.41, 5.74) is 4.31. The Hall–Kier alpha value is 0.376. The molecular formula is C2H3KN2O3. The number of amides is 1. The minimum atomic E-state index is -1.56. The Morgan fingerprint density at radius 2 is 2.12 bits per heavy atom. The van der Waals surface area contributed by atoms with Gasteiger partial charge in [-0.2, -0.15) is 4.99 Å². The van der Waals surface area contributed by atoms with Crippen molar-refractivity contribution in [2.24, 2.45) is 10.7 Å². The molecule has 0 aliphatic rings. The molecule has 6 heteroatoms. The summed E-state index contributed by atoms with van der Waals surface area (Å²) in [6, 6.07) is -1.19. The van der Waals surface area contributed by atoms with Crippen molar-refractivity contribution < 1.29 is 66.4 Å². The first kappa shape index (κ1) is 11.2. The molecule has 0 rings (SSSR count). The molecular weight excluding hydrogens is 139 g/mol. The number of aliphatic imine (C=N–C) groups is 1. The fourth-order valence-corrected chi connectivity index (χ4v) is 0.0943. The van der Waals surface area contributed by atoms with Crippen molar-refractivity contribution in [2.45, 2.75) is 0 Å². The number of carbonyl (C=O) groups is 1. The van der Waals surface area contributed by atoms with Crippen LogP contribution in [0.4, 0.5) is 4.79 Å². The molecule has 0 saturated heterocycles. The van der Waals surface area contributed by atoms with Gasteiger partial charge in [0.15, 0.2) is 0 Å². The molecule has 0 fully saturated rings. The number of hydrogen-bond acceptors (Lipinski definition) is 2. The average molecular weight is 142 g/mol. The first-order valence-electron chi connectivity index (χ1n) is 1.37. The molecule has 3 N–H and O–H groups in total. The van der Waals surface area contributed by atoms with Gasteiger partial charge >= 0.3 is 57.5 Å². The molecule has 5 nitrogen and oxygen atoms in total. The molecule has 0 radical (unpaired) electrons. The third kappa shape index (κ3) is 9.62. The Balaban J connectivity index is 0. The smallest absolute Gasteiger partial charge is 0.846 e. The van der Waals surface area contributed by atoms with E-state index >= 15 is 0 Å². The molecule has 0 aromatic rings. The zero-order valence-electron chi connectivity index (χ0n) is 4.29. The molecule has 1 amide bonds. The second-order valence-electron chi connectivity index (χ2n) is 0.733. The number of nitrogens with two attached hydrogens (primary N) is 1. The first-order chi connectivity index (χ1) is 3.13. The normalized spacial score (nSPS) is 9.75. The van der Waals surface area contributed by atoms with Crippen LogP contribution < -0.4 is 62.2 Å². The van der Waals surface area contributed by atoms with Crippen LogP contribution in [0.3, 0.4) is 0 Å². The fourth-order valence-electron chi connectivity index (χ4n) is 0.0943. The van der Waals surface area contributed by atoms with Crippen LogP contribution in [0.25, 0.3) is 0 Å². The van der Waals surface area contributed by atoms with E-state index < -0.39 is 12.1 Å². The number of carboxylic acid groups (broad SMARTS) is 1. The summed E-state index contributed by atoms with van der Waals surface area (Å²) in [6.45, 7) is 0. The van der Waals surface area contributed by atoms with Crippen LogP contribution in [0.5, 0.6) is 0 Å². The van der Waals surface area contributed by atoms with Gasteiger partial charge in [0.25, 0.3) is 0 Å². The Kier molecular flexibility index (Phi) is 7.72. The Morgan fingerprint density at radius 1 is 1.75 bits per heavy atom. The number of amidine groups is 1. The SMILES string of the molecule is NC([O-])=NC(=O)O.[K+]. The summed E-state index contributed by atoms with van der Waals surface area (Å²) in [5, 5.41) is 17.1. The van der Waals surface area contributed by atoms with Gasteiger partial charge in [-0.05, 0) is 0 Å². The predicted octanol–water partition coefficient (Wildman–Crippen LogP) is -4.66.